The first kappa shape index (κ1) is 24.3. The summed E-state index contributed by atoms with van der Waals surface area (Å²) in [6.45, 7) is 5.02. The number of nitrogens with one attached hydrogen (secondary N) is 1. The molecule has 2 aromatic carbocycles. The highest BCUT2D eigenvalue weighted by Crippen LogP contribution is 2.42. The van der Waals surface area contributed by atoms with E-state index in [1.807, 2.05) is 17.0 Å². The number of halogens is 4. The Balaban J connectivity index is 1.47. The summed E-state index contributed by atoms with van der Waals surface area (Å²) < 4.78 is 26.8. The number of fused-ring (bicyclic) bond motifs is 5. The van der Waals surface area contributed by atoms with Crippen molar-refractivity contribution >= 4 is 34.9 Å². The van der Waals surface area contributed by atoms with Gasteiger partial charge in [0, 0.05) is 34.4 Å². The minimum atomic E-state index is -0.970. The number of hydrogen-bond acceptors (Lipinski definition) is 1. The zero-order valence-electron chi connectivity index (χ0n) is 19.0. The van der Waals surface area contributed by atoms with Crippen LogP contribution >= 0.6 is 23.2 Å². The average molecular weight is 495 g/mol. The van der Waals surface area contributed by atoms with Crippen molar-refractivity contribution in [3.05, 3.63) is 63.1 Å². The number of carbonyl (C=O) groups excluding carboxylic acids is 1. The first-order valence-electron chi connectivity index (χ1n) is 11.8. The molecule has 33 heavy (non-hydrogen) atoms. The summed E-state index contributed by atoms with van der Waals surface area (Å²) in [5, 5.41) is 4.23. The van der Waals surface area contributed by atoms with Crippen LogP contribution in [0, 0.1) is 29.4 Å². The van der Waals surface area contributed by atoms with Gasteiger partial charge in [-0.15, -0.1) is 0 Å². The molecule has 4 atom stereocenters. The van der Waals surface area contributed by atoms with Crippen LogP contribution in [-0.4, -0.2) is 23.5 Å². The van der Waals surface area contributed by atoms with Crippen LogP contribution in [-0.2, 0) is 12.8 Å². The van der Waals surface area contributed by atoms with Crippen LogP contribution in [0.1, 0.15) is 50.7 Å². The molecule has 3 fully saturated rings. The molecule has 1 aliphatic carbocycles. The number of anilines is 1. The third-order valence-electron chi connectivity index (χ3n) is 7.61. The van der Waals surface area contributed by atoms with Crippen molar-refractivity contribution in [3.63, 3.8) is 0 Å². The second kappa shape index (κ2) is 10.2. The van der Waals surface area contributed by atoms with E-state index in [0.29, 0.717) is 24.3 Å². The molecule has 1 N–H and O–H groups in total. The molecular formula is C26H30Cl2F2N2O. The molecule has 2 amide bonds. The predicted octanol–water partition coefficient (Wildman–Crippen LogP) is 7.74. The molecule has 5 rings (SSSR count). The third-order valence-corrected chi connectivity index (χ3v) is 8.28. The molecule has 178 valence electrons. The van der Waals surface area contributed by atoms with Gasteiger partial charge < -0.3 is 10.2 Å². The van der Waals surface area contributed by atoms with Gasteiger partial charge >= 0.3 is 6.03 Å². The Morgan fingerprint density at radius 1 is 1.06 bits per heavy atom. The summed E-state index contributed by atoms with van der Waals surface area (Å²) in [5.41, 5.74) is 2.43. The maximum Gasteiger partial charge on any atom is 0.322 e. The molecule has 2 aliphatic heterocycles. The van der Waals surface area contributed by atoms with Crippen LogP contribution in [0.3, 0.4) is 0 Å². The first-order valence-corrected chi connectivity index (χ1v) is 12.5. The second-order valence-corrected chi connectivity index (χ2v) is 10.3. The van der Waals surface area contributed by atoms with Crippen molar-refractivity contribution in [1.29, 1.82) is 0 Å². The lowest BCUT2D eigenvalue weighted by molar-refractivity contribution is 0.0583. The maximum atomic E-state index is 13.6. The number of urea groups is 1. The van der Waals surface area contributed by atoms with Gasteiger partial charge in [0.15, 0.2) is 11.6 Å². The standard InChI is InChI=1S/C26H30Cl2F2N2O/c1-3-16-10-22(27)21(23(28)11-16)12-17-4-7-20-8-5-18(15(17)2)14-32(20)26(33)31-19-6-9-24(29)25(30)13-19/h6,9-11,13,15,17-18,20H,3-5,7-8,12,14H2,1-2H3,(H,31,33). The highest BCUT2D eigenvalue weighted by atomic mass is 35.5. The van der Waals surface area contributed by atoms with E-state index in [1.54, 1.807) is 0 Å². The van der Waals surface area contributed by atoms with E-state index >= 15 is 0 Å². The van der Waals surface area contributed by atoms with Crippen LogP contribution in [0.2, 0.25) is 10.0 Å². The van der Waals surface area contributed by atoms with Crippen molar-refractivity contribution < 1.29 is 13.6 Å². The smallest absolute Gasteiger partial charge is 0.321 e. The molecule has 2 bridgehead atoms. The number of nitrogens with zero attached hydrogens (tertiary/aromatic N) is 1. The monoisotopic (exact) mass is 494 g/mol. The van der Waals surface area contributed by atoms with Crippen molar-refractivity contribution in [2.75, 3.05) is 11.9 Å². The van der Waals surface area contributed by atoms with E-state index in [2.05, 4.69) is 19.2 Å². The Labute approximate surface area is 204 Å². The van der Waals surface area contributed by atoms with Gasteiger partial charge in [0.1, 0.15) is 0 Å². The fraction of sp³-hybridized carbons (Fsp3) is 0.500. The Bertz CT molecular complexity index is 1010. The Hall–Kier alpha value is -1.85. The van der Waals surface area contributed by atoms with E-state index in [1.165, 1.54) is 6.07 Å². The highest BCUT2D eigenvalue weighted by molar-refractivity contribution is 6.36. The first-order chi connectivity index (χ1) is 15.8. The van der Waals surface area contributed by atoms with Crippen molar-refractivity contribution in [2.45, 2.75) is 58.4 Å². The molecule has 1 saturated carbocycles. The topological polar surface area (TPSA) is 32.3 Å². The van der Waals surface area contributed by atoms with Crippen LogP contribution in [0.5, 0.6) is 0 Å². The van der Waals surface area contributed by atoms with Crippen molar-refractivity contribution in [1.82, 2.24) is 4.90 Å². The molecular weight excluding hydrogens is 465 g/mol. The number of rotatable bonds is 4. The van der Waals surface area contributed by atoms with Gasteiger partial charge in [0.2, 0.25) is 0 Å². The van der Waals surface area contributed by atoms with Gasteiger partial charge in [-0.25, -0.2) is 13.6 Å². The van der Waals surface area contributed by atoms with Crippen LogP contribution in [0.4, 0.5) is 19.3 Å². The lowest BCUT2D eigenvalue weighted by atomic mass is 9.70. The number of piperidine rings is 1. The number of benzene rings is 2. The fourth-order valence-electron chi connectivity index (χ4n) is 5.46. The van der Waals surface area contributed by atoms with E-state index in [-0.39, 0.29) is 17.8 Å². The molecule has 0 aromatic heterocycles. The van der Waals surface area contributed by atoms with E-state index in [4.69, 9.17) is 23.2 Å². The minimum Gasteiger partial charge on any atom is -0.321 e. The Morgan fingerprint density at radius 3 is 2.42 bits per heavy atom. The highest BCUT2D eigenvalue weighted by Gasteiger charge is 2.39. The van der Waals surface area contributed by atoms with Gasteiger partial charge in [-0.3, -0.25) is 0 Å². The number of aryl methyl sites for hydroxylation is 1. The molecule has 3 aliphatic rings. The number of amides is 2. The zero-order valence-corrected chi connectivity index (χ0v) is 20.5. The fourth-order valence-corrected chi connectivity index (χ4v) is 6.15. The van der Waals surface area contributed by atoms with Gasteiger partial charge in [0.25, 0.3) is 0 Å². The lowest BCUT2D eigenvalue weighted by Crippen LogP contribution is -2.52. The largest absolute Gasteiger partial charge is 0.322 e. The quantitative estimate of drug-likeness (QED) is 0.463. The minimum absolute atomic E-state index is 0.134. The average Bonchev–Trinajstić information content (AvgIpc) is 2.78. The molecule has 0 radical (unpaired) electrons. The number of carbonyl (C=O) groups is 1. The van der Waals surface area contributed by atoms with Gasteiger partial charge in [-0.1, -0.05) is 37.0 Å². The van der Waals surface area contributed by atoms with Crippen LogP contribution in [0.15, 0.2) is 30.3 Å². The molecule has 4 unspecified atom stereocenters. The summed E-state index contributed by atoms with van der Waals surface area (Å²) in [6.07, 6.45) is 5.65. The number of hydrogen-bond donors (Lipinski definition) is 1. The van der Waals surface area contributed by atoms with Crippen LogP contribution < -0.4 is 5.32 Å². The molecule has 0 spiro atoms. The van der Waals surface area contributed by atoms with E-state index in [0.717, 1.165) is 71.8 Å². The van der Waals surface area contributed by atoms with Crippen LogP contribution in [0.25, 0.3) is 0 Å². The van der Waals surface area contributed by atoms with Gasteiger partial charge in [-0.05, 0) is 91.7 Å². The predicted molar refractivity (Wildman–Crippen MR) is 130 cm³/mol. The zero-order chi connectivity index (χ0) is 23.7. The molecule has 2 aromatic rings. The Morgan fingerprint density at radius 2 is 1.76 bits per heavy atom. The van der Waals surface area contributed by atoms with Crippen molar-refractivity contribution in [2.24, 2.45) is 17.8 Å². The second-order valence-electron chi connectivity index (χ2n) is 9.49. The third kappa shape index (κ3) is 5.30. The van der Waals surface area contributed by atoms with E-state index < -0.39 is 11.6 Å². The molecule has 3 nitrogen and oxygen atoms in total. The summed E-state index contributed by atoms with van der Waals surface area (Å²) in [7, 11) is 0. The molecule has 2 saturated heterocycles. The lowest BCUT2D eigenvalue weighted by Gasteiger charge is -2.46. The van der Waals surface area contributed by atoms with Crippen molar-refractivity contribution in [3.8, 4) is 0 Å². The molecule has 2 heterocycles. The summed E-state index contributed by atoms with van der Waals surface area (Å²) in [4.78, 5) is 14.9. The maximum absolute atomic E-state index is 13.6. The summed E-state index contributed by atoms with van der Waals surface area (Å²) in [6, 6.07) is 7.36. The SMILES string of the molecule is CCc1cc(Cl)c(CC2CCC3CCC(CN3C(=O)Nc3ccc(F)c(F)c3)C2C)c(Cl)c1. The summed E-state index contributed by atoms with van der Waals surface area (Å²) >= 11 is 13.2. The normalized spacial score (nSPS) is 25.0. The Kier molecular flexibility index (Phi) is 7.49. The van der Waals surface area contributed by atoms with Gasteiger partial charge in [0.05, 0.1) is 0 Å². The van der Waals surface area contributed by atoms with E-state index in [9.17, 15) is 13.6 Å². The molecule has 7 heteroatoms. The summed E-state index contributed by atoms with van der Waals surface area (Å²) in [5.74, 6) is -0.681. The van der Waals surface area contributed by atoms with Gasteiger partial charge in [-0.2, -0.15) is 0 Å².